The molecule has 5 nitrogen and oxygen atoms in total. The first-order chi connectivity index (χ1) is 10.5. The minimum absolute atomic E-state index is 0. The molecular weight excluding hydrogens is 401 g/mol. The van der Waals surface area contributed by atoms with Gasteiger partial charge in [-0.2, -0.15) is 5.10 Å². The Morgan fingerprint density at radius 2 is 1.91 bits per heavy atom. The third kappa shape index (κ3) is 4.95. The summed E-state index contributed by atoms with van der Waals surface area (Å²) in [5.41, 5.74) is 4.69. The van der Waals surface area contributed by atoms with Gasteiger partial charge in [0.05, 0.1) is 11.7 Å². The Balaban J connectivity index is 0.00000264. The molecule has 0 aliphatic rings. The second-order valence-corrected chi connectivity index (χ2v) is 5.48. The molecular formula is C17H26IN5. The minimum atomic E-state index is 0. The first-order valence-electron chi connectivity index (χ1n) is 7.54. The van der Waals surface area contributed by atoms with Gasteiger partial charge >= 0.3 is 0 Å². The van der Waals surface area contributed by atoms with Gasteiger partial charge in [0.1, 0.15) is 0 Å². The summed E-state index contributed by atoms with van der Waals surface area (Å²) in [6, 6.07) is 10.5. The molecule has 1 aromatic carbocycles. The molecule has 1 aromatic heterocycles. The third-order valence-electron chi connectivity index (χ3n) is 3.97. The lowest BCUT2D eigenvalue weighted by Crippen LogP contribution is -2.38. The van der Waals surface area contributed by atoms with Gasteiger partial charge in [-0.25, -0.2) is 0 Å². The van der Waals surface area contributed by atoms with E-state index in [1.165, 1.54) is 16.8 Å². The molecule has 2 N–H and O–H groups in total. The number of nitrogens with one attached hydrogen (secondary N) is 2. The lowest BCUT2D eigenvalue weighted by molar-refractivity contribution is 0.684. The summed E-state index contributed by atoms with van der Waals surface area (Å²) in [5.74, 6) is 0.791. The smallest absolute Gasteiger partial charge is 0.191 e. The minimum Gasteiger partial charge on any atom is -0.352 e. The Morgan fingerprint density at radius 1 is 1.26 bits per heavy atom. The van der Waals surface area contributed by atoms with Gasteiger partial charge in [-0.3, -0.25) is 9.67 Å². The molecule has 0 amide bonds. The molecule has 2 aromatic rings. The predicted molar refractivity (Wildman–Crippen MR) is 106 cm³/mol. The van der Waals surface area contributed by atoms with Crippen LogP contribution in [-0.4, -0.2) is 22.8 Å². The zero-order valence-electron chi connectivity index (χ0n) is 14.4. The fourth-order valence-corrected chi connectivity index (χ4v) is 2.47. The van der Waals surface area contributed by atoms with Crippen LogP contribution in [0.2, 0.25) is 0 Å². The molecule has 126 valence electrons. The van der Waals surface area contributed by atoms with E-state index in [1.54, 1.807) is 7.05 Å². The molecule has 1 atom stereocenters. The van der Waals surface area contributed by atoms with E-state index in [0.29, 0.717) is 6.54 Å². The van der Waals surface area contributed by atoms with Crippen molar-refractivity contribution in [2.24, 2.45) is 12.0 Å². The van der Waals surface area contributed by atoms with Crippen molar-refractivity contribution in [2.75, 3.05) is 7.05 Å². The lowest BCUT2D eigenvalue weighted by atomic mass is 10.1. The highest BCUT2D eigenvalue weighted by Crippen LogP contribution is 2.12. The number of nitrogens with zero attached hydrogens (tertiary/aromatic N) is 3. The van der Waals surface area contributed by atoms with Crippen LogP contribution in [0.3, 0.4) is 0 Å². The number of guanidine groups is 1. The normalized spacial score (nSPS) is 12.5. The average molecular weight is 427 g/mol. The highest BCUT2D eigenvalue weighted by Gasteiger charge is 2.11. The van der Waals surface area contributed by atoms with Crippen LogP contribution in [0.4, 0.5) is 0 Å². The molecule has 0 radical (unpaired) electrons. The second-order valence-electron chi connectivity index (χ2n) is 5.48. The molecule has 1 heterocycles. The SMILES string of the molecule is CN=C(NCc1c(C)nn(C)c1C)NC(C)c1ccccc1.I. The van der Waals surface area contributed by atoms with Crippen LogP contribution in [0.25, 0.3) is 0 Å². The highest BCUT2D eigenvalue weighted by molar-refractivity contribution is 14.0. The quantitative estimate of drug-likeness (QED) is 0.448. The fourth-order valence-electron chi connectivity index (χ4n) is 2.47. The van der Waals surface area contributed by atoms with Gasteiger partial charge in [-0.05, 0) is 26.3 Å². The van der Waals surface area contributed by atoms with Crippen molar-refractivity contribution in [1.29, 1.82) is 0 Å². The van der Waals surface area contributed by atoms with Crippen molar-refractivity contribution in [2.45, 2.75) is 33.4 Å². The van der Waals surface area contributed by atoms with Crippen LogP contribution in [0, 0.1) is 13.8 Å². The van der Waals surface area contributed by atoms with E-state index >= 15 is 0 Å². The van der Waals surface area contributed by atoms with Crippen LogP contribution in [0.1, 0.15) is 35.5 Å². The summed E-state index contributed by atoms with van der Waals surface area (Å²) in [6.07, 6.45) is 0. The number of aryl methyl sites for hydroxylation is 2. The average Bonchev–Trinajstić information content (AvgIpc) is 2.77. The number of aliphatic imine (C=N–C) groups is 1. The first kappa shape index (κ1) is 19.5. The van der Waals surface area contributed by atoms with Crippen molar-refractivity contribution in [3.63, 3.8) is 0 Å². The fraction of sp³-hybridized carbons (Fsp3) is 0.412. The van der Waals surface area contributed by atoms with E-state index in [-0.39, 0.29) is 30.0 Å². The summed E-state index contributed by atoms with van der Waals surface area (Å²) >= 11 is 0. The molecule has 0 fully saturated rings. The van der Waals surface area contributed by atoms with Crippen molar-refractivity contribution in [1.82, 2.24) is 20.4 Å². The molecule has 0 bridgehead atoms. The topological polar surface area (TPSA) is 54.2 Å². The van der Waals surface area contributed by atoms with Crippen molar-refractivity contribution in [3.05, 3.63) is 52.8 Å². The maximum atomic E-state index is 4.44. The summed E-state index contributed by atoms with van der Waals surface area (Å²) in [7, 11) is 3.76. The van der Waals surface area contributed by atoms with E-state index in [2.05, 4.69) is 46.7 Å². The van der Waals surface area contributed by atoms with Gasteiger partial charge in [0.25, 0.3) is 0 Å². The number of hydrogen-bond acceptors (Lipinski definition) is 2. The van der Waals surface area contributed by atoms with Gasteiger partial charge in [0.15, 0.2) is 5.96 Å². The van der Waals surface area contributed by atoms with E-state index in [0.717, 1.165) is 11.7 Å². The van der Waals surface area contributed by atoms with Crippen LogP contribution < -0.4 is 10.6 Å². The summed E-state index contributed by atoms with van der Waals surface area (Å²) < 4.78 is 1.91. The van der Waals surface area contributed by atoms with Gasteiger partial charge in [0, 0.05) is 31.9 Å². The standard InChI is InChI=1S/C17H25N5.HI/c1-12(15-9-7-6-8-10-15)20-17(18-4)19-11-16-13(2)21-22(5)14(16)3;/h6-10,12H,11H2,1-5H3,(H2,18,19,20);1H. The lowest BCUT2D eigenvalue weighted by Gasteiger charge is -2.18. The number of hydrogen-bond donors (Lipinski definition) is 2. The molecule has 2 rings (SSSR count). The molecule has 6 heteroatoms. The van der Waals surface area contributed by atoms with E-state index in [9.17, 15) is 0 Å². The van der Waals surface area contributed by atoms with Gasteiger partial charge in [0.2, 0.25) is 0 Å². The number of benzene rings is 1. The van der Waals surface area contributed by atoms with E-state index in [4.69, 9.17) is 0 Å². The molecule has 1 unspecified atom stereocenters. The van der Waals surface area contributed by atoms with Crippen LogP contribution >= 0.6 is 24.0 Å². The molecule has 0 spiro atoms. The highest BCUT2D eigenvalue weighted by atomic mass is 127. The van der Waals surface area contributed by atoms with Crippen molar-refractivity contribution >= 4 is 29.9 Å². The second kappa shape index (κ2) is 8.90. The summed E-state index contributed by atoms with van der Waals surface area (Å²) in [6.45, 7) is 6.96. The van der Waals surface area contributed by atoms with Gasteiger partial charge < -0.3 is 10.6 Å². The zero-order chi connectivity index (χ0) is 16.1. The third-order valence-corrected chi connectivity index (χ3v) is 3.97. The van der Waals surface area contributed by atoms with Crippen LogP contribution in [0.15, 0.2) is 35.3 Å². The summed E-state index contributed by atoms with van der Waals surface area (Å²) in [5, 5.41) is 11.2. The Labute approximate surface area is 155 Å². The maximum Gasteiger partial charge on any atom is 0.191 e. The van der Waals surface area contributed by atoms with E-state index < -0.39 is 0 Å². The molecule has 0 saturated heterocycles. The Kier molecular flexibility index (Phi) is 7.54. The zero-order valence-corrected chi connectivity index (χ0v) is 16.8. The largest absolute Gasteiger partial charge is 0.352 e. The number of rotatable bonds is 4. The van der Waals surface area contributed by atoms with Crippen LogP contribution in [0.5, 0.6) is 0 Å². The predicted octanol–water partition coefficient (Wildman–Crippen LogP) is 3.08. The van der Waals surface area contributed by atoms with Crippen LogP contribution in [-0.2, 0) is 13.6 Å². The Hall–Kier alpha value is -1.57. The van der Waals surface area contributed by atoms with Crippen molar-refractivity contribution in [3.8, 4) is 0 Å². The number of halogens is 1. The summed E-state index contributed by atoms with van der Waals surface area (Å²) in [4.78, 5) is 4.30. The molecule has 0 aliphatic heterocycles. The van der Waals surface area contributed by atoms with Gasteiger partial charge in [-0.15, -0.1) is 24.0 Å². The molecule has 23 heavy (non-hydrogen) atoms. The Bertz CT molecular complexity index is 649. The molecule has 0 saturated carbocycles. The number of aromatic nitrogens is 2. The monoisotopic (exact) mass is 427 g/mol. The van der Waals surface area contributed by atoms with E-state index in [1.807, 2.05) is 36.9 Å². The first-order valence-corrected chi connectivity index (χ1v) is 7.54. The molecule has 0 aliphatic carbocycles. The van der Waals surface area contributed by atoms with Gasteiger partial charge in [-0.1, -0.05) is 30.3 Å². The maximum absolute atomic E-state index is 4.44. The van der Waals surface area contributed by atoms with Crippen molar-refractivity contribution < 1.29 is 0 Å². The Morgan fingerprint density at radius 3 is 2.43 bits per heavy atom.